The number of pyridine rings is 1. The Morgan fingerprint density at radius 2 is 1.86 bits per heavy atom. The summed E-state index contributed by atoms with van der Waals surface area (Å²) in [4.78, 5) is 11.8. The van der Waals surface area contributed by atoms with Crippen molar-refractivity contribution in [1.82, 2.24) is 0 Å². The summed E-state index contributed by atoms with van der Waals surface area (Å²) in [6.07, 6.45) is 2.22. The molecule has 118 valence electrons. The van der Waals surface area contributed by atoms with E-state index in [4.69, 9.17) is 4.74 Å². The lowest BCUT2D eigenvalue weighted by Gasteiger charge is -2.06. The van der Waals surface area contributed by atoms with Gasteiger partial charge in [0.05, 0.1) is 5.56 Å². The molecular weight excluding hydrogens is 306 g/mol. The van der Waals surface area contributed by atoms with Gasteiger partial charge in [-0.05, 0) is 12.1 Å². The van der Waals surface area contributed by atoms with Crippen LogP contribution in [-0.2, 0) is 17.7 Å². The molecule has 0 amide bonds. The predicted octanol–water partition coefficient (Wildman–Crippen LogP) is -1.19. The van der Waals surface area contributed by atoms with Gasteiger partial charge in [-0.3, -0.25) is 0 Å². The number of nitrogens with zero attached hydrogens (tertiary/aromatic N) is 1. The molecule has 0 saturated heterocycles. The minimum absolute atomic E-state index is 0. The van der Waals surface area contributed by atoms with E-state index >= 15 is 0 Å². The number of halogens is 1. The maximum atomic E-state index is 11.8. The lowest BCUT2D eigenvalue weighted by Crippen LogP contribution is -3.00. The Morgan fingerprint density at radius 3 is 2.50 bits per heavy atom. The summed E-state index contributed by atoms with van der Waals surface area (Å²) in [6.45, 7) is 2.48. The van der Waals surface area contributed by atoms with Crippen LogP contribution >= 0.6 is 0 Å². The van der Waals surface area contributed by atoms with Crippen molar-refractivity contribution in [3.8, 4) is 11.5 Å². The lowest BCUT2D eigenvalue weighted by atomic mass is 10.2. The van der Waals surface area contributed by atoms with Crippen LogP contribution in [0.2, 0.25) is 0 Å². The second-order valence-corrected chi connectivity index (χ2v) is 4.55. The van der Waals surface area contributed by atoms with Crippen LogP contribution in [0.4, 0.5) is 0 Å². The maximum Gasteiger partial charge on any atom is 0.338 e. The second kappa shape index (κ2) is 8.24. The van der Waals surface area contributed by atoms with Gasteiger partial charge in [-0.25, -0.2) is 4.79 Å². The van der Waals surface area contributed by atoms with E-state index in [1.54, 1.807) is 35.0 Å². The summed E-state index contributed by atoms with van der Waals surface area (Å²) >= 11 is 0. The van der Waals surface area contributed by atoms with Crippen molar-refractivity contribution in [3.05, 3.63) is 53.9 Å². The van der Waals surface area contributed by atoms with Crippen LogP contribution < -0.4 is 17.0 Å². The highest BCUT2D eigenvalue weighted by molar-refractivity contribution is 5.89. The first kappa shape index (κ1) is 17.8. The number of rotatable bonds is 5. The number of benzene rings is 1. The standard InChI is InChI=1S/C16H17NO4.ClH/c1-2-13-15(19)14(18)8-9-17(13)10-11-21-16(20)12-6-4-3-5-7-12;/h3-9,19H,2,10-11H2,1H3;1H. The van der Waals surface area contributed by atoms with Gasteiger partial charge in [-0.1, -0.05) is 25.1 Å². The molecule has 0 atom stereocenters. The minimum atomic E-state index is -0.378. The average molecular weight is 324 g/mol. The van der Waals surface area contributed by atoms with E-state index in [2.05, 4.69) is 0 Å². The van der Waals surface area contributed by atoms with Crippen molar-refractivity contribution in [1.29, 1.82) is 0 Å². The Hall–Kier alpha value is -2.27. The summed E-state index contributed by atoms with van der Waals surface area (Å²) < 4.78 is 6.95. The van der Waals surface area contributed by atoms with Gasteiger partial charge in [0.25, 0.3) is 0 Å². The van der Waals surface area contributed by atoms with Crippen molar-refractivity contribution >= 4 is 5.97 Å². The maximum absolute atomic E-state index is 11.8. The molecular formula is C16H18ClNO4. The van der Waals surface area contributed by atoms with E-state index in [1.165, 1.54) is 6.07 Å². The molecule has 0 aliphatic carbocycles. The first-order chi connectivity index (χ1) is 10.1. The molecule has 0 aliphatic heterocycles. The Balaban J connectivity index is 0.00000242. The van der Waals surface area contributed by atoms with Crippen molar-refractivity contribution < 1.29 is 36.7 Å². The van der Waals surface area contributed by atoms with E-state index in [9.17, 15) is 15.0 Å². The zero-order valence-electron chi connectivity index (χ0n) is 12.2. The SMILES string of the molecule is CCc1c(O)c(O)cc[n+]1CCOC(=O)c1ccccc1.[Cl-]. The third-order valence-electron chi connectivity index (χ3n) is 3.18. The van der Waals surface area contributed by atoms with Gasteiger partial charge in [0, 0.05) is 12.5 Å². The van der Waals surface area contributed by atoms with Crippen LogP contribution in [0.3, 0.4) is 0 Å². The number of hydrogen-bond donors (Lipinski definition) is 2. The number of ether oxygens (including phenoxy) is 1. The van der Waals surface area contributed by atoms with Gasteiger partial charge in [-0.2, -0.15) is 4.57 Å². The Labute approximate surface area is 135 Å². The van der Waals surface area contributed by atoms with Gasteiger partial charge in [0.15, 0.2) is 25.1 Å². The van der Waals surface area contributed by atoms with E-state index < -0.39 is 0 Å². The van der Waals surface area contributed by atoms with Gasteiger partial charge in [0.2, 0.25) is 11.4 Å². The van der Waals surface area contributed by atoms with Gasteiger partial charge in [-0.15, -0.1) is 0 Å². The second-order valence-electron chi connectivity index (χ2n) is 4.55. The normalized spacial score (nSPS) is 9.86. The first-order valence-corrected chi connectivity index (χ1v) is 6.79. The fourth-order valence-electron chi connectivity index (χ4n) is 2.09. The summed E-state index contributed by atoms with van der Waals surface area (Å²) in [5.74, 6) is -0.656. The fraction of sp³-hybridized carbons (Fsp3) is 0.250. The van der Waals surface area contributed by atoms with Crippen molar-refractivity contribution in [2.24, 2.45) is 0 Å². The predicted molar refractivity (Wildman–Crippen MR) is 76.1 cm³/mol. The molecule has 2 N–H and O–H groups in total. The molecule has 0 saturated carbocycles. The third-order valence-corrected chi connectivity index (χ3v) is 3.18. The summed E-state index contributed by atoms with van der Waals surface area (Å²) in [7, 11) is 0. The molecule has 22 heavy (non-hydrogen) atoms. The van der Waals surface area contributed by atoms with Crippen molar-refractivity contribution in [3.63, 3.8) is 0 Å². The van der Waals surface area contributed by atoms with Crippen LogP contribution in [0, 0.1) is 0 Å². The Bertz CT molecular complexity index is 632. The van der Waals surface area contributed by atoms with Gasteiger partial charge < -0.3 is 27.4 Å². The molecule has 6 heteroatoms. The largest absolute Gasteiger partial charge is 1.00 e. The van der Waals surface area contributed by atoms with E-state index in [0.717, 1.165) is 0 Å². The number of aromatic hydroxyl groups is 2. The quantitative estimate of drug-likeness (QED) is 0.536. The highest BCUT2D eigenvalue weighted by atomic mass is 35.5. The highest BCUT2D eigenvalue weighted by Gasteiger charge is 2.18. The van der Waals surface area contributed by atoms with Crippen LogP contribution in [-0.4, -0.2) is 22.8 Å². The Morgan fingerprint density at radius 1 is 1.18 bits per heavy atom. The molecule has 1 heterocycles. The molecule has 0 bridgehead atoms. The average Bonchev–Trinajstić information content (AvgIpc) is 2.51. The van der Waals surface area contributed by atoms with Gasteiger partial charge >= 0.3 is 5.97 Å². The summed E-state index contributed by atoms with van der Waals surface area (Å²) in [5.41, 5.74) is 1.11. The summed E-state index contributed by atoms with van der Waals surface area (Å²) in [5, 5.41) is 19.3. The zero-order chi connectivity index (χ0) is 15.2. The molecule has 0 aliphatic rings. The number of carbonyl (C=O) groups excluding carboxylic acids is 1. The molecule has 1 aromatic heterocycles. The highest BCUT2D eigenvalue weighted by Crippen LogP contribution is 2.25. The fourth-order valence-corrected chi connectivity index (χ4v) is 2.09. The number of carbonyl (C=O) groups is 1. The van der Waals surface area contributed by atoms with E-state index in [0.29, 0.717) is 24.2 Å². The number of aromatic nitrogens is 1. The van der Waals surface area contributed by atoms with Crippen molar-refractivity contribution in [2.75, 3.05) is 6.61 Å². The molecule has 0 spiro atoms. The van der Waals surface area contributed by atoms with E-state index in [-0.39, 0.29) is 36.5 Å². The zero-order valence-corrected chi connectivity index (χ0v) is 13.0. The molecule has 2 aromatic rings. The minimum Gasteiger partial charge on any atom is -1.00 e. The third kappa shape index (κ3) is 4.11. The Kier molecular flexibility index (Phi) is 6.66. The molecule has 0 unspecified atom stereocenters. The monoisotopic (exact) mass is 323 g/mol. The van der Waals surface area contributed by atoms with Crippen LogP contribution in [0.15, 0.2) is 42.6 Å². The van der Waals surface area contributed by atoms with E-state index in [1.807, 2.05) is 13.0 Å². The van der Waals surface area contributed by atoms with Gasteiger partial charge in [0.1, 0.15) is 0 Å². The molecule has 1 aromatic carbocycles. The lowest BCUT2D eigenvalue weighted by molar-refractivity contribution is -0.705. The number of hydrogen-bond acceptors (Lipinski definition) is 4. The van der Waals surface area contributed by atoms with Crippen LogP contribution in [0.25, 0.3) is 0 Å². The first-order valence-electron chi connectivity index (χ1n) is 6.79. The molecule has 2 rings (SSSR count). The molecule has 0 fully saturated rings. The van der Waals surface area contributed by atoms with Crippen LogP contribution in [0.1, 0.15) is 23.0 Å². The molecule has 5 nitrogen and oxygen atoms in total. The summed E-state index contributed by atoms with van der Waals surface area (Å²) in [6, 6.07) is 10.2. The molecule has 0 radical (unpaired) electrons. The number of esters is 1. The topological polar surface area (TPSA) is 70.6 Å². The van der Waals surface area contributed by atoms with Crippen molar-refractivity contribution in [2.45, 2.75) is 19.9 Å². The smallest absolute Gasteiger partial charge is 0.338 e. The van der Waals surface area contributed by atoms with Crippen LogP contribution in [0.5, 0.6) is 11.5 Å².